The van der Waals surface area contributed by atoms with E-state index in [9.17, 15) is 4.39 Å². The van der Waals surface area contributed by atoms with E-state index in [-0.39, 0.29) is 10.8 Å². The van der Waals surface area contributed by atoms with Crippen LogP contribution in [0.4, 0.5) is 4.39 Å². The maximum atomic E-state index is 13.2. The topological polar surface area (TPSA) is 6.48 Å². The normalized spacial score (nSPS) is 28.4. The first kappa shape index (κ1) is 14.3. The van der Waals surface area contributed by atoms with Crippen molar-refractivity contribution < 1.29 is 4.39 Å². The van der Waals surface area contributed by atoms with Crippen molar-refractivity contribution in [2.24, 2.45) is 0 Å². The zero-order valence-corrected chi connectivity index (χ0v) is 12.7. The minimum Gasteiger partial charge on any atom is -0.298 e. The Bertz CT molecular complexity index is 480. The SMILES string of the molecule is CC1CN2CCCCC2CN1Cc1ccc(F)c(Cl)c1. The van der Waals surface area contributed by atoms with Crippen LogP contribution in [0.1, 0.15) is 31.7 Å². The van der Waals surface area contributed by atoms with Gasteiger partial charge in [0, 0.05) is 31.7 Å². The zero-order chi connectivity index (χ0) is 14.1. The maximum absolute atomic E-state index is 13.2. The molecule has 1 aromatic rings. The molecule has 2 atom stereocenters. The molecule has 2 fully saturated rings. The molecule has 0 N–H and O–H groups in total. The molecular formula is C16H22ClFN2. The predicted molar refractivity (Wildman–Crippen MR) is 80.5 cm³/mol. The number of fused-ring (bicyclic) bond motifs is 1. The lowest BCUT2D eigenvalue weighted by Crippen LogP contribution is -2.58. The summed E-state index contributed by atoms with van der Waals surface area (Å²) in [4.78, 5) is 5.15. The van der Waals surface area contributed by atoms with Crippen molar-refractivity contribution in [3.8, 4) is 0 Å². The van der Waals surface area contributed by atoms with Crippen LogP contribution < -0.4 is 0 Å². The van der Waals surface area contributed by atoms with Crippen LogP contribution in [0.3, 0.4) is 0 Å². The Labute approximate surface area is 125 Å². The van der Waals surface area contributed by atoms with E-state index < -0.39 is 0 Å². The lowest BCUT2D eigenvalue weighted by atomic mass is 9.97. The average Bonchev–Trinajstić information content (AvgIpc) is 2.44. The van der Waals surface area contributed by atoms with E-state index in [2.05, 4.69) is 16.7 Å². The fourth-order valence-corrected chi connectivity index (χ4v) is 3.71. The minimum absolute atomic E-state index is 0.228. The summed E-state index contributed by atoms with van der Waals surface area (Å²) in [5.41, 5.74) is 1.10. The molecule has 3 rings (SSSR count). The summed E-state index contributed by atoms with van der Waals surface area (Å²) in [6.07, 6.45) is 4.01. The molecule has 110 valence electrons. The van der Waals surface area contributed by atoms with Crippen molar-refractivity contribution in [2.45, 2.75) is 44.8 Å². The second kappa shape index (κ2) is 6.00. The van der Waals surface area contributed by atoms with Gasteiger partial charge in [0.15, 0.2) is 0 Å². The zero-order valence-electron chi connectivity index (χ0n) is 12.0. The number of piperidine rings is 1. The Morgan fingerprint density at radius 1 is 1.30 bits per heavy atom. The van der Waals surface area contributed by atoms with Crippen LogP contribution in [0, 0.1) is 5.82 Å². The number of hydrogen-bond donors (Lipinski definition) is 0. The van der Waals surface area contributed by atoms with Crippen molar-refractivity contribution in [3.05, 3.63) is 34.6 Å². The molecule has 2 saturated heterocycles. The minimum atomic E-state index is -0.333. The molecule has 20 heavy (non-hydrogen) atoms. The molecule has 1 aromatic carbocycles. The molecule has 4 heteroatoms. The highest BCUT2D eigenvalue weighted by Crippen LogP contribution is 2.26. The van der Waals surface area contributed by atoms with Gasteiger partial charge in [0.1, 0.15) is 5.82 Å². The summed E-state index contributed by atoms with van der Waals surface area (Å²) in [5.74, 6) is -0.333. The van der Waals surface area contributed by atoms with E-state index in [1.54, 1.807) is 6.07 Å². The lowest BCUT2D eigenvalue weighted by molar-refractivity contribution is 0.0111. The highest BCUT2D eigenvalue weighted by molar-refractivity contribution is 6.30. The van der Waals surface area contributed by atoms with Crippen molar-refractivity contribution in [1.29, 1.82) is 0 Å². The van der Waals surface area contributed by atoms with Crippen LogP contribution in [0.15, 0.2) is 18.2 Å². The molecule has 0 radical (unpaired) electrons. The van der Waals surface area contributed by atoms with E-state index in [0.29, 0.717) is 12.1 Å². The first-order chi connectivity index (χ1) is 9.63. The molecular weight excluding hydrogens is 275 g/mol. The Hall–Kier alpha value is -0.640. The van der Waals surface area contributed by atoms with Crippen molar-refractivity contribution in [2.75, 3.05) is 19.6 Å². The lowest BCUT2D eigenvalue weighted by Gasteiger charge is -2.47. The van der Waals surface area contributed by atoms with Gasteiger partial charge in [-0.15, -0.1) is 0 Å². The average molecular weight is 297 g/mol. The molecule has 0 saturated carbocycles. The number of nitrogens with zero attached hydrogens (tertiary/aromatic N) is 2. The van der Waals surface area contributed by atoms with Gasteiger partial charge in [0.25, 0.3) is 0 Å². The van der Waals surface area contributed by atoms with Crippen LogP contribution in [0.25, 0.3) is 0 Å². The van der Waals surface area contributed by atoms with Gasteiger partial charge in [-0.2, -0.15) is 0 Å². The van der Waals surface area contributed by atoms with Crippen LogP contribution >= 0.6 is 11.6 Å². The molecule has 0 aliphatic carbocycles. The largest absolute Gasteiger partial charge is 0.298 e. The molecule has 2 aliphatic rings. The summed E-state index contributed by atoms with van der Waals surface area (Å²) in [5, 5.41) is 0.228. The Morgan fingerprint density at radius 3 is 2.95 bits per heavy atom. The summed E-state index contributed by atoms with van der Waals surface area (Å²) in [6, 6.07) is 6.33. The van der Waals surface area contributed by atoms with Crippen LogP contribution in [-0.2, 0) is 6.54 Å². The van der Waals surface area contributed by atoms with E-state index in [4.69, 9.17) is 11.6 Å². The highest BCUT2D eigenvalue weighted by atomic mass is 35.5. The van der Waals surface area contributed by atoms with Crippen molar-refractivity contribution >= 4 is 11.6 Å². The fraction of sp³-hybridized carbons (Fsp3) is 0.625. The molecule has 2 unspecified atom stereocenters. The van der Waals surface area contributed by atoms with E-state index in [0.717, 1.165) is 25.2 Å². The standard InChI is InChI=1S/C16H22ClFN2/c1-12-9-19-7-3-2-4-14(19)11-20(12)10-13-5-6-16(18)15(17)8-13/h5-6,8,12,14H,2-4,7,9-11H2,1H3. The molecule has 0 bridgehead atoms. The Kier molecular flexibility index (Phi) is 4.29. The van der Waals surface area contributed by atoms with Gasteiger partial charge in [-0.05, 0) is 44.0 Å². The van der Waals surface area contributed by atoms with Gasteiger partial charge in [-0.1, -0.05) is 24.1 Å². The second-order valence-electron chi connectivity index (χ2n) is 6.17. The third-order valence-electron chi connectivity index (χ3n) is 4.69. The predicted octanol–water partition coefficient (Wildman–Crippen LogP) is 3.54. The summed E-state index contributed by atoms with van der Waals surface area (Å²) < 4.78 is 13.2. The van der Waals surface area contributed by atoms with Gasteiger partial charge < -0.3 is 0 Å². The number of benzene rings is 1. The number of hydrogen-bond acceptors (Lipinski definition) is 2. The third kappa shape index (κ3) is 3.00. The maximum Gasteiger partial charge on any atom is 0.141 e. The summed E-state index contributed by atoms with van der Waals surface area (Å²) in [7, 11) is 0. The van der Waals surface area contributed by atoms with Crippen molar-refractivity contribution in [3.63, 3.8) is 0 Å². The third-order valence-corrected chi connectivity index (χ3v) is 4.98. The van der Waals surface area contributed by atoms with Gasteiger partial charge in [0.2, 0.25) is 0 Å². The molecule has 2 heterocycles. The summed E-state index contributed by atoms with van der Waals surface area (Å²) >= 11 is 5.88. The van der Waals surface area contributed by atoms with E-state index in [1.807, 2.05) is 6.07 Å². The Morgan fingerprint density at radius 2 is 2.15 bits per heavy atom. The van der Waals surface area contributed by atoms with E-state index in [1.165, 1.54) is 31.9 Å². The molecule has 0 spiro atoms. The van der Waals surface area contributed by atoms with Gasteiger partial charge in [-0.3, -0.25) is 9.80 Å². The van der Waals surface area contributed by atoms with Gasteiger partial charge in [0.05, 0.1) is 5.02 Å². The Balaban J connectivity index is 1.68. The molecule has 2 aliphatic heterocycles. The van der Waals surface area contributed by atoms with Crippen LogP contribution in [0.5, 0.6) is 0 Å². The summed E-state index contributed by atoms with van der Waals surface area (Å²) in [6.45, 7) is 6.68. The number of halogens is 2. The first-order valence-electron chi connectivity index (χ1n) is 7.55. The smallest absolute Gasteiger partial charge is 0.141 e. The highest BCUT2D eigenvalue weighted by Gasteiger charge is 2.32. The molecule has 0 aromatic heterocycles. The quantitative estimate of drug-likeness (QED) is 0.824. The second-order valence-corrected chi connectivity index (χ2v) is 6.58. The first-order valence-corrected chi connectivity index (χ1v) is 7.93. The van der Waals surface area contributed by atoms with Gasteiger partial charge >= 0.3 is 0 Å². The molecule has 0 amide bonds. The van der Waals surface area contributed by atoms with E-state index >= 15 is 0 Å². The molecule has 2 nitrogen and oxygen atoms in total. The monoisotopic (exact) mass is 296 g/mol. The van der Waals surface area contributed by atoms with Gasteiger partial charge in [-0.25, -0.2) is 4.39 Å². The fourth-order valence-electron chi connectivity index (χ4n) is 3.51. The number of piperazine rings is 1. The van der Waals surface area contributed by atoms with Crippen LogP contribution in [0.2, 0.25) is 5.02 Å². The number of rotatable bonds is 2. The van der Waals surface area contributed by atoms with Crippen LogP contribution in [-0.4, -0.2) is 41.5 Å². The van der Waals surface area contributed by atoms with Crippen molar-refractivity contribution in [1.82, 2.24) is 9.80 Å².